The van der Waals surface area contributed by atoms with Crippen molar-refractivity contribution < 1.29 is 13.2 Å². The van der Waals surface area contributed by atoms with E-state index in [1.807, 2.05) is 15.7 Å². The highest BCUT2D eigenvalue weighted by molar-refractivity contribution is 7.90. The van der Waals surface area contributed by atoms with Crippen LogP contribution in [-0.2, 0) is 21.2 Å². The van der Waals surface area contributed by atoms with Gasteiger partial charge in [-0.25, -0.2) is 13.4 Å². The van der Waals surface area contributed by atoms with Crippen LogP contribution in [-0.4, -0.2) is 58.3 Å². The Balaban J connectivity index is 1.66. The standard InChI is InChI=1S/C15H21N5O3S/c1-24(22,23)13-9-17-18-15(13)12-3-2-6-20(10-12)14(21)4-7-19-8-5-16-11-19/h5,8-9,11-12H,2-4,6-7,10H2,1H3,(H,17,18)/t12-/m1/s1. The molecule has 0 unspecified atom stereocenters. The highest BCUT2D eigenvalue weighted by Crippen LogP contribution is 2.30. The fraction of sp³-hybridized carbons (Fsp3) is 0.533. The molecule has 1 atom stereocenters. The van der Waals surface area contributed by atoms with E-state index in [2.05, 4.69) is 15.2 Å². The van der Waals surface area contributed by atoms with Crippen LogP contribution in [0.2, 0.25) is 0 Å². The highest BCUT2D eigenvalue weighted by atomic mass is 32.2. The van der Waals surface area contributed by atoms with Gasteiger partial charge in [0.2, 0.25) is 5.91 Å². The largest absolute Gasteiger partial charge is 0.342 e. The predicted molar refractivity (Wildman–Crippen MR) is 87.1 cm³/mol. The van der Waals surface area contributed by atoms with Crippen LogP contribution < -0.4 is 0 Å². The van der Waals surface area contributed by atoms with E-state index in [1.165, 1.54) is 12.5 Å². The number of aromatic nitrogens is 4. The smallest absolute Gasteiger partial charge is 0.224 e. The molecular weight excluding hydrogens is 330 g/mol. The summed E-state index contributed by atoms with van der Waals surface area (Å²) in [6, 6.07) is 0. The quantitative estimate of drug-likeness (QED) is 0.859. The molecule has 1 saturated heterocycles. The number of aromatic amines is 1. The minimum atomic E-state index is -3.32. The molecule has 0 aromatic carbocycles. The Morgan fingerprint density at radius 2 is 2.29 bits per heavy atom. The van der Waals surface area contributed by atoms with Crippen molar-refractivity contribution in [3.05, 3.63) is 30.6 Å². The fourth-order valence-electron chi connectivity index (χ4n) is 3.11. The summed E-state index contributed by atoms with van der Waals surface area (Å²) in [5.41, 5.74) is 0.615. The van der Waals surface area contributed by atoms with Gasteiger partial charge in [0.1, 0.15) is 4.90 Å². The maximum Gasteiger partial charge on any atom is 0.224 e. The van der Waals surface area contributed by atoms with Gasteiger partial charge in [0.05, 0.1) is 18.2 Å². The molecule has 8 nitrogen and oxygen atoms in total. The first-order valence-corrected chi connectivity index (χ1v) is 9.81. The van der Waals surface area contributed by atoms with Crippen LogP contribution in [0.1, 0.15) is 30.9 Å². The van der Waals surface area contributed by atoms with Crippen LogP contribution >= 0.6 is 0 Å². The zero-order chi connectivity index (χ0) is 17.2. The number of H-pyrrole nitrogens is 1. The van der Waals surface area contributed by atoms with Crippen molar-refractivity contribution in [2.45, 2.75) is 36.6 Å². The normalized spacial score (nSPS) is 18.7. The van der Waals surface area contributed by atoms with Crippen molar-refractivity contribution in [3.8, 4) is 0 Å². The third-order valence-corrected chi connectivity index (χ3v) is 5.48. The summed E-state index contributed by atoms with van der Waals surface area (Å²) in [5, 5.41) is 6.70. The molecule has 130 valence electrons. The Bertz CT molecular complexity index is 797. The number of aryl methyl sites for hydroxylation is 1. The molecule has 9 heteroatoms. The van der Waals surface area contributed by atoms with Gasteiger partial charge < -0.3 is 9.47 Å². The Labute approximate surface area is 140 Å². The molecule has 0 bridgehead atoms. The van der Waals surface area contributed by atoms with Gasteiger partial charge in [-0.1, -0.05) is 0 Å². The molecule has 3 rings (SSSR count). The molecule has 1 aliphatic heterocycles. The molecule has 1 amide bonds. The summed E-state index contributed by atoms with van der Waals surface area (Å²) in [5.74, 6) is 0.0528. The summed E-state index contributed by atoms with van der Waals surface area (Å²) < 4.78 is 25.6. The topological polar surface area (TPSA) is 101 Å². The third-order valence-electron chi connectivity index (χ3n) is 4.36. The van der Waals surface area contributed by atoms with E-state index in [1.54, 1.807) is 12.5 Å². The number of carbonyl (C=O) groups excluding carboxylic acids is 1. The second-order valence-corrected chi connectivity index (χ2v) is 8.13. The maximum absolute atomic E-state index is 12.4. The number of hydrogen-bond donors (Lipinski definition) is 1. The van der Waals surface area contributed by atoms with Gasteiger partial charge in [-0.05, 0) is 12.8 Å². The van der Waals surface area contributed by atoms with E-state index < -0.39 is 9.84 Å². The summed E-state index contributed by atoms with van der Waals surface area (Å²) in [7, 11) is -3.32. The molecule has 1 N–H and O–H groups in total. The van der Waals surface area contributed by atoms with Crippen molar-refractivity contribution >= 4 is 15.7 Å². The Morgan fingerprint density at radius 1 is 1.46 bits per heavy atom. The number of nitrogens with one attached hydrogen (secondary N) is 1. The molecule has 0 spiro atoms. The fourth-order valence-corrected chi connectivity index (χ4v) is 3.97. The SMILES string of the molecule is CS(=O)(=O)c1cn[nH]c1[C@@H]1CCCN(C(=O)CCn2ccnc2)C1. The highest BCUT2D eigenvalue weighted by Gasteiger charge is 2.29. The van der Waals surface area contributed by atoms with E-state index >= 15 is 0 Å². The Kier molecular flexibility index (Phi) is 4.70. The van der Waals surface area contributed by atoms with Gasteiger partial charge in [-0.15, -0.1) is 0 Å². The van der Waals surface area contributed by atoms with Crippen LogP contribution in [0.15, 0.2) is 29.8 Å². The molecule has 0 aliphatic carbocycles. The number of hydrogen-bond acceptors (Lipinski definition) is 5. The summed E-state index contributed by atoms with van der Waals surface area (Å²) in [6.07, 6.45) is 9.84. The van der Waals surface area contributed by atoms with Gasteiger partial charge in [0, 0.05) is 50.6 Å². The lowest BCUT2D eigenvalue weighted by molar-refractivity contribution is -0.132. The minimum Gasteiger partial charge on any atom is -0.342 e. The summed E-state index contributed by atoms with van der Waals surface area (Å²) >= 11 is 0. The minimum absolute atomic E-state index is 0.0248. The first-order valence-electron chi connectivity index (χ1n) is 7.92. The van der Waals surface area contributed by atoms with Crippen molar-refractivity contribution in [1.82, 2.24) is 24.6 Å². The van der Waals surface area contributed by atoms with Gasteiger partial charge in [-0.2, -0.15) is 5.10 Å². The molecule has 1 fully saturated rings. The Hall–Kier alpha value is -2.16. The number of nitrogens with zero attached hydrogens (tertiary/aromatic N) is 4. The molecular formula is C15H21N5O3S. The maximum atomic E-state index is 12.4. The first kappa shape index (κ1) is 16.7. The van der Waals surface area contributed by atoms with Gasteiger partial charge in [-0.3, -0.25) is 9.89 Å². The van der Waals surface area contributed by atoms with Gasteiger partial charge in [0.15, 0.2) is 9.84 Å². The van der Waals surface area contributed by atoms with Crippen molar-refractivity contribution in [1.29, 1.82) is 0 Å². The van der Waals surface area contributed by atoms with Crippen LogP contribution in [0.4, 0.5) is 0 Å². The average Bonchev–Trinajstić information content (AvgIpc) is 3.23. The molecule has 0 saturated carbocycles. The number of likely N-dealkylation sites (tertiary alicyclic amines) is 1. The van der Waals surface area contributed by atoms with Crippen LogP contribution in [0.5, 0.6) is 0 Å². The second-order valence-electron chi connectivity index (χ2n) is 6.15. The molecule has 2 aromatic heterocycles. The molecule has 2 aromatic rings. The van der Waals surface area contributed by atoms with Crippen molar-refractivity contribution in [2.24, 2.45) is 0 Å². The van der Waals surface area contributed by atoms with Crippen LogP contribution in [0, 0.1) is 0 Å². The lowest BCUT2D eigenvalue weighted by Crippen LogP contribution is -2.39. The molecule has 3 heterocycles. The lowest BCUT2D eigenvalue weighted by Gasteiger charge is -2.32. The van der Waals surface area contributed by atoms with E-state index in [0.717, 1.165) is 12.8 Å². The molecule has 24 heavy (non-hydrogen) atoms. The van der Waals surface area contributed by atoms with E-state index in [9.17, 15) is 13.2 Å². The number of imidazole rings is 1. The average molecular weight is 351 g/mol. The van der Waals surface area contributed by atoms with Crippen LogP contribution in [0.25, 0.3) is 0 Å². The van der Waals surface area contributed by atoms with E-state index in [-0.39, 0.29) is 16.7 Å². The number of carbonyl (C=O) groups is 1. The molecule has 0 radical (unpaired) electrons. The van der Waals surface area contributed by atoms with E-state index in [4.69, 9.17) is 0 Å². The first-order chi connectivity index (χ1) is 11.4. The molecule has 1 aliphatic rings. The summed E-state index contributed by atoms with van der Waals surface area (Å²) in [4.78, 5) is 18.5. The van der Waals surface area contributed by atoms with Crippen molar-refractivity contribution in [2.75, 3.05) is 19.3 Å². The lowest BCUT2D eigenvalue weighted by atomic mass is 9.94. The number of rotatable bonds is 5. The second kappa shape index (κ2) is 6.76. The Morgan fingerprint density at radius 3 is 3.00 bits per heavy atom. The zero-order valence-corrected chi connectivity index (χ0v) is 14.4. The summed E-state index contributed by atoms with van der Waals surface area (Å²) in [6.45, 7) is 1.83. The zero-order valence-electron chi connectivity index (χ0n) is 13.6. The van der Waals surface area contributed by atoms with Crippen LogP contribution in [0.3, 0.4) is 0 Å². The number of sulfone groups is 1. The third kappa shape index (κ3) is 3.66. The predicted octanol–water partition coefficient (Wildman–Crippen LogP) is 0.806. The number of piperidine rings is 1. The van der Waals surface area contributed by atoms with Gasteiger partial charge in [0.25, 0.3) is 0 Å². The van der Waals surface area contributed by atoms with Gasteiger partial charge >= 0.3 is 0 Å². The van der Waals surface area contributed by atoms with Crippen molar-refractivity contribution in [3.63, 3.8) is 0 Å². The monoisotopic (exact) mass is 351 g/mol. The van der Waals surface area contributed by atoms with E-state index in [0.29, 0.717) is 31.7 Å². The number of amides is 1.